The number of halogens is 41. The Morgan fingerprint density at radius 3 is 0.738 bits per heavy atom. The van der Waals surface area contributed by atoms with E-state index >= 15 is 0 Å². The molecule has 0 aromatic carbocycles. The van der Waals surface area contributed by atoms with Gasteiger partial charge < -0.3 is 12.6 Å². The van der Waals surface area contributed by atoms with E-state index in [4.69, 9.17) is 10.5 Å². The Bertz CT molecular complexity index is 1970. The van der Waals surface area contributed by atoms with Crippen LogP contribution in [-0.4, -0.2) is 107 Å². The van der Waals surface area contributed by atoms with Gasteiger partial charge in [-0.15, -0.1) is 0 Å². The Morgan fingerprint density at radius 2 is 0.548 bits per heavy atom. The van der Waals surface area contributed by atoms with Crippen molar-refractivity contribution in [3.8, 4) is 10.8 Å². The van der Waals surface area contributed by atoms with Gasteiger partial charge in [0.1, 0.15) is 5.40 Å². The van der Waals surface area contributed by atoms with Gasteiger partial charge in [-0.2, -0.15) is 137 Å². The second-order valence-corrected chi connectivity index (χ2v) is 19.9. The van der Waals surface area contributed by atoms with Crippen LogP contribution in [0.2, 0.25) is 0 Å². The maximum atomic E-state index is 14.1. The van der Waals surface area contributed by atoms with Gasteiger partial charge in [0.15, 0.2) is 0 Å². The van der Waals surface area contributed by atoms with E-state index in [-0.39, 0.29) is 63.1 Å². The van der Waals surface area contributed by atoms with Gasteiger partial charge in [-0.1, -0.05) is 28.0 Å². The number of rotatable bonds is 25. The third kappa shape index (κ3) is 31.2. The average Bonchev–Trinajstić information content (AvgIpc) is 3.17. The van der Waals surface area contributed by atoms with Crippen molar-refractivity contribution in [3.05, 3.63) is 0 Å². The van der Waals surface area contributed by atoms with E-state index in [1.807, 2.05) is 0 Å². The van der Waals surface area contributed by atoms with Crippen LogP contribution in [0.15, 0.2) is 0 Å². The second-order valence-electron chi connectivity index (χ2n) is 17.8. The molecular weight excluding hydrogens is 1470 g/mol. The predicted octanol–water partition coefficient (Wildman–Crippen LogP) is 17.6. The van der Waals surface area contributed by atoms with Gasteiger partial charge in [-0.05, 0) is 50.3 Å². The third-order valence-corrected chi connectivity index (χ3v) is 12.3. The molecule has 0 heterocycles. The van der Waals surface area contributed by atoms with Gasteiger partial charge in [0.25, 0.3) is 23.7 Å². The molecule has 0 fully saturated rings. The minimum absolute atomic E-state index is 0. The summed E-state index contributed by atoms with van der Waals surface area (Å²) in [5.74, 6) is -45.3. The molecular formula is C38H34F40IKN2S2. The summed E-state index contributed by atoms with van der Waals surface area (Å²) in [5.41, 5.74) is -13.6. The molecule has 0 rings (SSSR count). The van der Waals surface area contributed by atoms with Crippen LogP contribution in [0, 0.1) is 56.8 Å². The summed E-state index contributed by atoms with van der Waals surface area (Å²) in [4.78, 5) is 0. The number of thioether (sulfide) groups is 1. The van der Waals surface area contributed by atoms with Gasteiger partial charge in [0.2, 0.25) is 0 Å². The maximum Gasteiger partial charge on any atom is 1.00 e. The maximum absolute atomic E-state index is 14.1. The largest absolute Gasteiger partial charge is 1.00 e. The van der Waals surface area contributed by atoms with Crippen molar-refractivity contribution in [1.29, 1.82) is 10.5 Å². The molecule has 0 amide bonds. The molecule has 0 aliphatic rings. The normalized spacial score (nSPS) is 16.8. The summed E-state index contributed by atoms with van der Waals surface area (Å²) in [6.07, 6.45) is -96.8. The zero-order chi connectivity index (χ0) is 67.5. The van der Waals surface area contributed by atoms with E-state index in [0.717, 1.165) is 0 Å². The first-order chi connectivity index (χ1) is 36.0. The first kappa shape index (κ1) is 89.5. The quantitative estimate of drug-likeness (QED) is 0.0174. The van der Waals surface area contributed by atoms with Crippen LogP contribution in [-0.2, 0) is 12.6 Å². The van der Waals surface area contributed by atoms with E-state index < -0.39 is 220 Å². The predicted molar refractivity (Wildman–Crippen MR) is 214 cm³/mol. The Balaban J connectivity index is -0.000000720. The van der Waals surface area contributed by atoms with Crippen LogP contribution >= 0.6 is 34.4 Å². The minimum Gasteiger partial charge on any atom is -0.696 e. The smallest absolute Gasteiger partial charge is 0.696 e. The molecule has 6 atom stereocenters. The molecule has 0 aromatic heterocycles. The number of hydrogen-bond acceptors (Lipinski definition) is 4. The molecule has 0 aliphatic carbocycles. The monoisotopic (exact) mass is 1510 g/mol. The molecule has 6 unspecified atom stereocenters. The van der Waals surface area contributed by atoms with Crippen LogP contribution in [0.4, 0.5) is 176 Å². The summed E-state index contributed by atoms with van der Waals surface area (Å²) < 4.78 is 526. The molecule has 46 heteroatoms. The van der Waals surface area contributed by atoms with Crippen molar-refractivity contribution in [2.75, 3.05) is 10.2 Å². The molecule has 0 N–H and O–H groups in total. The summed E-state index contributed by atoms with van der Waals surface area (Å²) in [7, 11) is 0. The molecule has 0 aromatic rings. The number of nitrogens with zero attached hydrogens (tertiary/aromatic N) is 2. The topological polar surface area (TPSA) is 47.6 Å². The van der Waals surface area contributed by atoms with E-state index in [0.29, 0.717) is 0 Å². The summed E-state index contributed by atoms with van der Waals surface area (Å²) >= 11 is 5.13. The Hall–Kier alpha value is -0.884. The van der Waals surface area contributed by atoms with Crippen molar-refractivity contribution in [2.45, 2.75) is 174 Å². The molecule has 496 valence electrons. The Morgan fingerprint density at radius 1 is 0.333 bits per heavy atom. The average molecular weight is 1510 g/mol. The van der Waals surface area contributed by atoms with Crippen molar-refractivity contribution in [1.82, 2.24) is 0 Å². The molecule has 0 saturated carbocycles. The Labute approximate surface area is 511 Å². The van der Waals surface area contributed by atoms with Crippen LogP contribution in [0.1, 0.15) is 77.0 Å². The van der Waals surface area contributed by atoms with E-state index in [1.165, 1.54) is 33.4 Å². The second kappa shape index (κ2) is 31.9. The first-order valence-electron chi connectivity index (χ1n) is 21.1. The molecule has 84 heavy (non-hydrogen) atoms. The van der Waals surface area contributed by atoms with Crippen molar-refractivity contribution >= 4 is 47.0 Å². The SMILES string of the molecule is FC(F)(CC(CC(CC(CCI)C(F)(F)F)C(F)(F)F)C(F)(F)F)CC(F)(F)CC(F)(C(F)(F)F)C(F)(F)F.N#CSCCC(CC(CC(CC(F)(F)CC(F)(F)CC(F)(C(F)(F)F)C(F)(F)F)C(F)(F)F)C(F)(F)F)C(F)(F)F.N#C[S-].[K+]. The summed E-state index contributed by atoms with van der Waals surface area (Å²) in [6.45, 7) is 0. The first-order valence-corrected chi connectivity index (χ1v) is 24.1. The standard InChI is InChI=1S/C19H17F20NS.C18H17F20I.CHNS.K/c20-12(21,6-13(22,23)7-14(24,18(34,35)36)19(37,38)39)5-11(17(31,32)33)4-10(16(28,29)30)3-9(15(25,26)27)1-2-41-8-40;19-11(20,6-12(21,22)7-13(23,17(33,34)35)18(36,37)38)5-10(16(30,31)32)4-9(15(27,28)29)3-8(1-2-39)14(24,25)26;2-1-3;/h9-11H,1-7H2;8-10H,1-7H2;3H;/q;;;+1/p-1. The molecule has 0 radical (unpaired) electrons. The Kier molecular flexibility index (Phi) is 34.0. The summed E-state index contributed by atoms with van der Waals surface area (Å²) in [5, 5.41) is 18.0. The number of alkyl halides is 41. The fourth-order valence-electron chi connectivity index (χ4n) is 7.16. The van der Waals surface area contributed by atoms with E-state index in [2.05, 4.69) is 12.6 Å². The molecule has 0 aliphatic heterocycles. The summed E-state index contributed by atoms with van der Waals surface area (Å²) in [6, 6.07) is 0. The zero-order valence-electron chi connectivity index (χ0n) is 40.6. The number of thiocyanates is 2. The fourth-order valence-corrected chi connectivity index (χ4v) is 8.40. The molecule has 0 bridgehead atoms. The van der Waals surface area contributed by atoms with Crippen LogP contribution in [0.25, 0.3) is 0 Å². The van der Waals surface area contributed by atoms with Gasteiger partial charge in [0, 0.05) is 23.0 Å². The number of nitriles is 2. The van der Waals surface area contributed by atoms with Crippen LogP contribution < -0.4 is 51.4 Å². The van der Waals surface area contributed by atoms with Gasteiger partial charge in [-0.3, -0.25) is 0 Å². The van der Waals surface area contributed by atoms with Crippen molar-refractivity contribution in [2.24, 2.45) is 35.5 Å². The minimum atomic E-state index is -7.17. The van der Waals surface area contributed by atoms with E-state index in [9.17, 15) is 176 Å². The van der Waals surface area contributed by atoms with Crippen LogP contribution in [0.5, 0.6) is 0 Å². The number of hydrogen-bond donors (Lipinski definition) is 0. The molecule has 0 saturated heterocycles. The van der Waals surface area contributed by atoms with Crippen molar-refractivity contribution in [3.63, 3.8) is 0 Å². The van der Waals surface area contributed by atoms with Gasteiger partial charge in [-0.25, -0.2) is 49.2 Å². The zero-order valence-corrected chi connectivity index (χ0v) is 47.5. The van der Waals surface area contributed by atoms with E-state index in [1.54, 1.807) is 0 Å². The molecule has 2 nitrogen and oxygen atoms in total. The van der Waals surface area contributed by atoms with Gasteiger partial charge in [0.05, 0.1) is 61.2 Å². The van der Waals surface area contributed by atoms with Crippen molar-refractivity contribution < 1.29 is 227 Å². The third-order valence-electron chi connectivity index (χ3n) is 11.1. The van der Waals surface area contributed by atoms with Gasteiger partial charge >= 0.3 is 124 Å². The molecule has 0 spiro atoms. The van der Waals surface area contributed by atoms with Crippen LogP contribution in [0.3, 0.4) is 0 Å². The fraction of sp³-hybridized carbons (Fsp3) is 0.947.